The Balaban J connectivity index is 3.19. The summed E-state index contributed by atoms with van der Waals surface area (Å²) in [5.74, 6) is 0. The third kappa shape index (κ3) is 0.914. The van der Waals surface area contributed by atoms with Crippen molar-refractivity contribution in [3.8, 4) is 6.07 Å². The van der Waals surface area contributed by atoms with Crippen LogP contribution in [0.5, 0.6) is 0 Å². The molecule has 0 aliphatic carbocycles. The number of carbonyl (C=O) groups excluding carboxylic acids is 1. The Morgan fingerprint density at radius 1 is 1.80 bits per heavy atom. The average Bonchev–Trinajstić information content (AvgIpc) is 2.30. The highest BCUT2D eigenvalue weighted by atomic mass is 16.1. The van der Waals surface area contributed by atoms with E-state index in [0.29, 0.717) is 11.3 Å². The van der Waals surface area contributed by atoms with Gasteiger partial charge in [-0.25, -0.2) is 0 Å². The van der Waals surface area contributed by atoms with Crippen LogP contribution < -0.4 is 0 Å². The maximum Gasteiger partial charge on any atom is 0.166 e. The summed E-state index contributed by atoms with van der Waals surface area (Å²) < 4.78 is 1.62. The molecule has 0 aliphatic rings. The molecule has 1 aromatic rings. The number of nitrogens with zero attached hydrogens (tertiary/aromatic N) is 2. The van der Waals surface area contributed by atoms with Crippen molar-refractivity contribution in [3.63, 3.8) is 0 Å². The third-order valence-electron chi connectivity index (χ3n) is 1.29. The van der Waals surface area contributed by atoms with Gasteiger partial charge >= 0.3 is 0 Å². The highest BCUT2D eigenvalue weighted by Crippen LogP contribution is 2.02. The molecule has 1 rings (SSSR count). The molecule has 10 heavy (non-hydrogen) atoms. The Morgan fingerprint density at radius 3 is 2.80 bits per heavy atom. The molecule has 0 aliphatic heterocycles. The topological polar surface area (TPSA) is 45.8 Å². The lowest BCUT2D eigenvalue weighted by Crippen LogP contribution is -1.90. The summed E-state index contributed by atoms with van der Waals surface area (Å²) in [5.41, 5.74) is 1.04. The summed E-state index contributed by atoms with van der Waals surface area (Å²) in [7, 11) is 1.73. The van der Waals surface area contributed by atoms with Crippen LogP contribution in [0.15, 0.2) is 12.3 Å². The fourth-order valence-electron chi connectivity index (χ4n) is 0.760. The Kier molecular flexibility index (Phi) is 1.55. The zero-order chi connectivity index (χ0) is 7.56. The second kappa shape index (κ2) is 2.36. The number of nitriles is 1. The van der Waals surface area contributed by atoms with Gasteiger partial charge in [0.05, 0.1) is 11.3 Å². The monoisotopic (exact) mass is 134 g/mol. The van der Waals surface area contributed by atoms with Crippen molar-refractivity contribution in [2.45, 2.75) is 0 Å². The van der Waals surface area contributed by atoms with Gasteiger partial charge in [-0.1, -0.05) is 0 Å². The van der Waals surface area contributed by atoms with Crippen LogP contribution in [0.25, 0.3) is 0 Å². The van der Waals surface area contributed by atoms with Crippen LogP contribution >= 0.6 is 0 Å². The van der Waals surface area contributed by atoms with Gasteiger partial charge in [0.2, 0.25) is 0 Å². The van der Waals surface area contributed by atoms with Crippen LogP contribution in [0.3, 0.4) is 0 Å². The molecule has 0 bridgehead atoms. The van der Waals surface area contributed by atoms with Gasteiger partial charge in [0, 0.05) is 13.2 Å². The van der Waals surface area contributed by atoms with Crippen molar-refractivity contribution in [2.24, 2.45) is 7.05 Å². The molecule has 1 aromatic heterocycles. The van der Waals surface area contributed by atoms with E-state index in [9.17, 15) is 4.79 Å². The number of hydrogen-bond donors (Lipinski definition) is 0. The highest BCUT2D eigenvalue weighted by Gasteiger charge is 1.98. The molecule has 0 fully saturated rings. The van der Waals surface area contributed by atoms with E-state index in [4.69, 9.17) is 5.26 Å². The molecule has 0 radical (unpaired) electrons. The summed E-state index contributed by atoms with van der Waals surface area (Å²) in [6, 6.07) is 3.49. The van der Waals surface area contributed by atoms with E-state index < -0.39 is 0 Å². The van der Waals surface area contributed by atoms with Crippen molar-refractivity contribution in [2.75, 3.05) is 0 Å². The number of rotatable bonds is 1. The molecular formula is C7H6N2O. The first kappa shape index (κ1) is 6.56. The molecule has 0 saturated carbocycles. The van der Waals surface area contributed by atoms with Crippen LogP contribution in [-0.4, -0.2) is 10.9 Å². The van der Waals surface area contributed by atoms with E-state index in [2.05, 4.69) is 0 Å². The molecule has 0 amide bonds. The molecule has 1 heterocycles. The number of aromatic nitrogens is 1. The van der Waals surface area contributed by atoms with Gasteiger partial charge in [-0.15, -0.1) is 0 Å². The third-order valence-corrected chi connectivity index (χ3v) is 1.29. The summed E-state index contributed by atoms with van der Waals surface area (Å²) in [6.45, 7) is 0. The minimum atomic E-state index is 0.518. The fraction of sp³-hybridized carbons (Fsp3) is 0.143. The van der Waals surface area contributed by atoms with Gasteiger partial charge < -0.3 is 4.57 Å². The Bertz CT molecular complexity index is 293. The number of aldehydes is 1. The molecule has 3 heteroatoms. The predicted molar refractivity (Wildman–Crippen MR) is 35.5 cm³/mol. The van der Waals surface area contributed by atoms with Crippen LogP contribution in [0.4, 0.5) is 0 Å². The van der Waals surface area contributed by atoms with E-state index in [0.717, 1.165) is 6.29 Å². The molecule has 0 aromatic carbocycles. The lowest BCUT2D eigenvalue weighted by molar-refractivity contribution is 0.111. The van der Waals surface area contributed by atoms with E-state index in [1.54, 1.807) is 23.9 Å². The molecule has 0 spiro atoms. The second-order valence-electron chi connectivity index (χ2n) is 1.99. The average molecular weight is 134 g/mol. The van der Waals surface area contributed by atoms with Crippen LogP contribution in [0.2, 0.25) is 0 Å². The van der Waals surface area contributed by atoms with Gasteiger partial charge in [0.15, 0.2) is 6.29 Å². The summed E-state index contributed by atoms with van der Waals surface area (Å²) in [5, 5.41) is 8.39. The van der Waals surface area contributed by atoms with Gasteiger partial charge in [-0.05, 0) is 6.07 Å². The van der Waals surface area contributed by atoms with Crippen molar-refractivity contribution in [3.05, 3.63) is 23.5 Å². The molecule has 0 N–H and O–H groups in total. The van der Waals surface area contributed by atoms with Gasteiger partial charge in [-0.3, -0.25) is 4.79 Å². The summed E-state index contributed by atoms with van der Waals surface area (Å²) in [4.78, 5) is 10.2. The Hall–Kier alpha value is -1.56. The van der Waals surface area contributed by atoms with Gasteiger partial charge in [0.1, 0.15) is 6.07 Å². The molecular weight excluding hydrogens is 128 g/mol. The summed E-state index contributed by atoms with van der Waals surface area (Å²) in [6.07, 6.45) is 2.34. The fourth-order valence-corrected chi connectivity index (χ4v) is 0.760. The van der Waals surface area contributed by atoms with E-state index >= 15 is 0 Å². The minimum Gasteiger partial charge on any atom is -0.347 e. The maximum absolute atomic E-state index is 10.2. The van der Waals surface area contributed by atoms with E-state index in [1.807, 2.05) is 6.07 Å². The first-order valence-corrected chi connectivity index (χ1v) is 2.79. The normalized spacial score (nSPS) is 8.80. The number of carbonyl (C=O) groups is 1. The minimum absolute atomic E-state index is 0.518. The number of hydrogen-bond acceptors (Lipinski definition) is 2. The zero-order valence-electron chi connectivity index (χ0n) is 5.53. The second-order valence-corrected chi connectivity index (χ2v) is 1.99. The van der Waals surface area contributed by atoms with Gasteiger partial charge in [0.25, 0.3) is 0 Å². The molecule has 50 valence electrons. The quantitative estimate of drug-likeness (QED) is 0.531. The van der Waals surface area contributed by atoms with E-state index in [1.165, 1.54) is 0 Å². The predicted octanol–water partition coefficient (Wildman–Crippen LogP) is 0.709. The zero-order valence-corrected chi connectivity index (χ0v) is 5.53. The maximum atomic E-state index is 10.2. The van der Waals surface area contributed by atoms with E-state index in [-0.39, 0.29) is 0 Å². The molecule has 3 nitrogen and oxygen atoms in total. The molecule has 0 saturated heterocycles. The Morgan fingerprint density at radius 2 is 2.50 bits per heavy atom. The smallest absolute Gasteiger partial charge is 0.166 e. The van der Waals surface area contributed by atoms with Crippen LogP contribution in [-0.2, 0) is 7.05 Å². The van der Waals surface area contributed by atoms with Crippen molar-refractivity contribution < 1.29 is 4.79 Å². The first-order chi connectivity index (χ1) is 4.77. The summed E-state index contributed by atoms with van der Waals surface area (Å²) >= 11 is 0. The largest absolute Gasteiger partial charge is 0.347 e. The standard InChI is InChI=1S/C7H6N2O/c1-9-4-6(3-8)2-7(9)5-10/h2,4-5H,1H3. The molecule has 0 atom stereocenters. The van der Waals surface area contributed by atoms with Crippen molar-refractivity contribution >= 4 is 6.29 Å². The van der Waals surface area contributed by atoms with Gasteiger partial charge in [-0.2, -0.15) is 5.26 Å². The van der Waals surface area contributed by atoms with Crippen molar-refractivity contribution in [1.29, 1.82) is 5.26 Å². The number of aryl methyl sites for hydroxylation is 1. The molecule has 0 unspecified atom stereocenters. The Labute approximate surface area is 58.5 Å². The highest BCUT2D eigenvalue weighted by molar-refractivity contribution is 5.73. The van der Waals surface area contributed by atoms with Crippen LogP contribution in [0, 0.1) is 11.3 Å². The lowest BCUT2D eigenvalue weighted by atomic mass is 10.3. The lowest BCUT2D eigenvalue weighted by Gasteiger charge is -1.88. The van der Waals surface area contributed by atoms with Crippen LogP contribution in [0.1, 0.15) is 16.1 Å². The first-order valence-electron chi connectivity index (χ1n) is 2.79. The van der Waals surface area contributed by atoms with Crippen molar-refractivity contribution in [1.82, 2.24) is 4.57 Å². The SMILES string of the molecule is Cn1cc(C#N)cc1C=O.